The Morgan fingerprint density at radius 2 is 1.67 bits per heavy atom. The molecule has 1 unspecified atom stereocenters. The zero-order valence-electron chi connectivity index (χ0n) is 17.1. The fraction of sp³-hybridized carbons (Fsp3) is 0.160. The molecule has 0 fully saturated rings. The SMILES string of the molecule is CN(C)C(CNC(=O)c1cc(-c2ccncc2)nc2ccccc12)c1ccccc1. The molecule has 0 aliphatic carbocycles. The van der Waals surface area contributed by atoms with Crippen molar-refractivity contribution in [2.45, 2.75) is 6.04 Å². The molecule has 150 valence electrons. The average molecular weight is 396 g/mol. The van der Waals surface area contributed by atoms with Crippen molar-refractivity contribution in [2.75, 3.05) is 20.6 Å². The van der Waals surface area contributed by atoms with Crippen LogP contribution in [-0.4, -0.2) is 41.4 Å². The van der Waals surface area contributed by atoms with E-state index in [1.807, 2.05) is 74.8 Å². The zero-order valence-corrected chi connectivity index (χ0v) is 17.1. The van der Waals surface area contributed by atoms with E-state index in [0.717, 1.165) is 22.2 Å². The van der Waals surface area contributed by atoms with E-state index in [1.54, 1.807) is 12.4 Å². The molecule has 5 heteroatoms. The summed E-state index contributed by atoms with van der Waals surface area (Å²) in [6.45, 7) is 0.511. The molecule has 30 heavy (non-hydrogen) atoms. The zero-order chi connectivity index (χ0) is 20.9. The lowest BCUT2D eigenvalue weighted by molar-refractivity contribution is 0.0943. The number of fused-ring (bicyclic) bond motifs is 1. The molecule has 5 nitrogen and oxygen atoms in total. The van der Waals surface area contributed by atoms with Gasteiger partial charge in [-0.3, -0.25) is 9.78 Å². The third-order valence-corrected chi connectivity index (χ3v) is 5.20. The van der Waals surface area contributed by atoms with Gasteiger partial charge in [-0.1, -0.05) is 48.5 Å². The molecule has 4 aromatic rings. The van der Waals surface area contributed by atoms with Crippen LogP contribution in [0.4, 0.5) is 0 Å². The van der Waals surface area contributed by atoms with E-state index >= 15 is 0 Å². The molecule has 4 rings (SSSR count). The molecule has 2 aromatic heterocycles. The van der Waals surface area contributed by atoms with Gasteiger partial charge in [-0.25, -0.2) is 4.98 Å². The highest BCUT2D eigenvalue weighted by Crippen LogP contribution is 2.25. The lowest BCUT2D eigenvalue weighted by Gasteiger charge is -2.25. The van der Waals surface area contributed by atoms with Crippen LogP contribution in [0.5, 0.6) is 0 Å². The number of amides is 1. The molecule has 2 heterocycles. The maximum Gasteiger partial charge on any atom is 0.252 e. The van der Waals surface area contributed by atoms with E-state index in [0.29, 0.717) is 12.1 Å². The Hall–Kier alpha value is -3.57. The normalized spacial score (nSPS) is 12.1. The van der Waals surface area contributed by atoms with Crippen LogP contribution < -0.4 is 5.32 Å². The molecule has 0 radical (unpaired) electrons. The highest BCUT2D eigenvalue weighted by atomic mass is 16.1. The molecule has 0 saturated carbocycles. The van der Waals surface area contributed by atoms with Gasteiger partial charge in [0.25, 0.3) is 5.91 Å². The van der Waals surface area contributed by atoms with Gasteiger partial charge in [-0.15, -0.1) is 0 Å². The number of carbonyl (C=O) groups is 1. The predicted octanol–water partition coefficient (Wildman–Crippen LogP) is 4.33. The molecular formula is C25H24N4O. The van der Waals surface area contributed by atoms with Crippen LogP contribution in [0.15, 0.2) is 85.2 Å². The van der Waals surface area contributed by atoms with E-state index in [1.165, 1.54) is 5.56 Å². The first-order valence-corrected chi connectivity index (χ1v) is 9.93. The Morgan fingerprint density at radius 1 is 0.967 bits per heavy atom. The number of hydrogen-bond donors (Lipinski definition) is 1. The number of rotatable bonds is 6. The predicted molar refractivity (Wildman–Crippen MR) is 120 cm³/mol. The number of para-hydroxylation sites is 1. The summed E-state index contributed by atoms with van der Waals surface area (Å²) in [7, 11) is 4.04. The van der Waals surface area contributed by atoms with E-state index in [9.17, 15) is 4.79 Å². The summed E-state index contributed by atoms with van der Waals surface area (Å²) in [6.07, 6.45) is 3.46. The van der Waals surface area contributed by atoms with Crippen LogP contribution in [0, 0.1) is 0 Å². The van der Waals surface area contributed by atoms with Gasteiger partial charge < -0.3 is 10.2 Å². The summed E-state index contributed by atoms with van der Waals surface area (Å²) in [5, 5.41) is 3.97. The number of nitrogens with one attached hydrogen (secondary N) is 1. The van der Waals surface area contributed by atoms with Gasteiger partial charge >= 0.3 is 0 Å². The van der Waals surface area contributed by atoms with Crippen LogP contribution in [-0.2, 0) is 0 Å². The molecule has 0 saturated heterocycles. The Kier molecular flexibility index (Phi) is 5.82. The Morgan fingerprint density at radius 3 is 2.40 bits per heavy atom. The summed E-state index contributed by atoms with van der Waals surface area (Å²) in [5.74, 6) is -0.105. The van der Waals surface area contributed by atoms with Gasteiger partial charge in [0.2, 0.25) is 0 Å². The third kappa shape index (κ3) is 4.21. The number of hydrogen-bond acceptors (Lipinski definition) is 4. The maximum atomic E-state index is 13.2. The van der Waals surface area contributed by atoms with Crippen LogP contribution in [0.25, 0.3) is 22.2 Å². The van der Waals surface area contributed by atoms with E-state index in [2.05, 4.69) is 27.3 Å². The molecule has 1 amide bonds. The van der Waals surface area contributed by atoms with Crippen molar-refractivity contribution in [3.05, 3.63) is 96.3 Å². The Balaban J connectivity index is 1.65. The number of nitrogens with zero attached hydrogens (tertiary/aromatic N) is 3. The van der Waals surface area contributed by atoms with Gasteiger partial charge in [0, 0.05) is 29.9 Å². The Bertz CT molecular complexity index is 1140. The number of benzene rings is 2. The van der Waals surface area contributed by atoms with Gasteiger partial charge in [-0.2, -0.15) is 0 Å². The Labute approximate surface area is 176 Å². The van der Waals surface area contributed by atoms with Crippen molar-refractivity contribution in [1.29, 1.82) is 0 Å². The van der Waals surface area contributed by atoms with E-state index in [4.69, 9.17) is 4.98 Å². The molecule has 0 aliphatic rings. The summed E-state index contributed by atoms with van der Waals surface area (Å²) in [5.41, 5.74) is 4.27. The lowest BCUT2D eigenvalue weighted by atomic mass is 10.0. The second-order valence-electron chi connectivity index (χ2n) is 7.41. The number of carbonyl (C=O) groups excluding carboxylic acids is 1. The first-order valence-electron chi connectivity index (χ1n) is 9.93. The van der Waals surface area contributed by atoms with Crippen LogP contribution in [0.1, 0.15) is 22.0 Å². The monoisotopic (exact) mass is 396 g/mol. The third-order valence-electron chi connectivity index (χ3n) is 5.20. The summed E-state index contributed by atoms with van der Waals surface area (Å²) < 4.78 is 0. The fourth-order valence-electron chi connectivity index (χ4n) is 3.59. The van der Waals surface area contributed by atoms with Crippen molar-refractivity contribution < 1.29 is 4.79 Å². The number of pyridine rings is 2. The molecule has 0 bridgehead atoms. The quantitative estimate of drug-likeness (QED) is 0.527. The van der Waals surface area contributed by atoms with Crippen LogP contribution in [0.3, 0.4) is 0 Å². The summed E-state index contributed by atoms with van der Waals surface area (Å²) >= 11 is 0. The van der Waals surface area contributed by atoms with Crippen molar-refractivity contribution in [3.63, 3.8) is 0 Å². The number of aromatic nitrogens is 2. The van der Waals surface area contributed by atoms with Crippen molar-refractivity contribution >= 4 is 16.8 Å². The summed E-state index contributed by atoms with van der Waals surface area (Å²) in [4.78, 5) is 24.2. The minimum Gasteiger partial charge on any atom is -0.350 e. The minimum absolute atomic E-state index is 0.0860. The summed E-state index contributed by atoms with van der Waals surface area (Å²) in [6, 6.07) is 23.7. The van der Waals surface area contributed by atoms with Crippen molar-refractivity contribution in [2.24, 2.45) is 0 Å². The van der Waals surface area contributed by atoms with Gasteiger partial charge in [-0.05, 0) is 43.9 Å². The first kappa shape index (κ1) is 19.7. The number of likely N-dealkylation sites (N-methyl/N-ethyl adjacent to an activating group) is 1. The van der Waals surface area contributed by atoms with Crippen LogP contribution >= 0.6 is 0 Å². The maximum absolute atomic E-state index is 13.2. The molecule has 2 aromatic carbocycles. The second kappa shape index (κ2) is 8.84. The van der Waals surface area contributed by atoms with E-state index in [-0.39, 0.29) is 11.9 Å². The van der Waals surface area contributed by atoms with Crippen molar-refractivity contribution in [1.82, 2.24) is 20.2 Å². The average Bonchev–Trinajstić information content (AvgIpc) is 2.79. The standard InChI is InChI=1S/C25H24N4O/c1-29(2)24(19-8-4-3-5-9-19)17-27-25(30)21-16-23(18-12-14-26-15-13-18)28-22-11-7-6-10-20(21)22/h3-16,24H,17H2,1-2H3,(H,27,30). The molecule has 1 N–H and O–H groups in total. The van der Waals surface area contributed by atoms with Crippen molar-refractivity contribution in [3.8, 4) is 11.3 Å². The van der Waals surface area contributed by atoms with Gasteiger partial charge in [0.15, 0.2) is 0 Å². The first-order chi connectivity index (χ1) is 14.6. The van der Waals surface area contributed by atoms with Gasteiger partial charge in [0.05, 0.1) is 22.8 Å². The highest BCUT2D eigenvalue weighted by Gasteiger charge is 2.18. The second-order valence-corrected chi connectivity index (χ2v) is 7.41. The molecule has 1 atom stereocenters. The highest BCUT2D eigenvalue weighted by molar-refractivity contribution is 6.07. The molecule has 0 aliphatic heterocycles. The smallest absolute Gasteiger partial charge is 0.252 e. The molecule has 0 spiro atoms. The topological polar surface area (TPSA) is 58.1 Å². The molecular weight excluding hydrogens is 372 g/mol. The van der Waals surface area contributed by atoms with E-state index < -0.39 is 0 Å². The minimum atomic E-state index is -0.105. The fourth-order valence-corrected chi connectivity index (χ4v) is 3.59. The van der Waals surface area contributed by atoms with Gasteiger partial charge in [0.1, 0.15) is 0 Å². The van der Waals surface area contributed by atoms with Crippen LogP contribution in [0.2, 0.25) is 0 Å². The largest absolute Gasteiger partial charge is 0.350 e. The lowest BCUT2D eigenvalue weighted by Crippen LogP contribution is -2.34.